The molecule has 9 heteroatoms. The van der Waals surface area contributed by atoms with E-state index in [1.165, 1.54) is 7.11 Å². The Morgan fingerprint density at radius 2 is 1.71 bits per heavy atom. The number of hydrogen-bond donors (Lipinski definition) is 2. The number of aliphatic hydroxyl groups is 2. The van der Waals surface area contributed by atoms with Gasteiger partial charge in [0.1, 0.15) is 6.79 Å². The van der Waals surface area contributed by atoms with Crippen molar-refractivity contribution in [2.45, 2.75) is 122 Å². The fourth-order valence-corrected chi connectivity index (χ4v) is 5.12. The van der Waals surface area contributed by atoms with Gasteiger partial charge in [0, 0.05) is 18.9 Å². The third-order valence-corrected chi connectivity index (χ3v) is 7.40. The summed E-state index contributed by atoms with van der Waals surface area (Å²) in [5.74, 6) is -3.14. The van der Waals surface area contributed by atoms with E-state index >= 15 is 0 Å². The highest BCUT2D eigenvalue weighted by molar-refractivity contribution is 5.76. The third kappa shape index (κ3) is 9.40. The molecule has 2 saturated heterocycles. The third-order valence-electron chi connectivity index (χ3n) is 7.40. The van der Waals surface area contributed by atoms with Gasteiger partial charge >= 0.3 is 5.97 Å². The standard InChI is InChI=1S/C29H50O9/c1-20-16-17-25(36-29(20)26(27(32)34-7)37-28(4,5)38-29)22(3)24(31)18-23(35-19-33-6)15-13-11-9-8-10-12-14-21(2)30/h8-11,20-26,30-31H,12-19H2,1-7H3/b10-8-,11-9+/t20-,21+,22-,23+,24?,25+,26?,29+/m1/s1. The first-order chi connectivity index (χ1) is 18.0. The van der Waals surface area contributed by atoms with Gasteiger partial charge in [-0.05, 0) is 65.7 Å². The maximum Gasteiger partial charge on any atom is 0.340 e. The molecule has 1 spiro atoms. The highest BCUT2D eigenvalue weighted by atomic mass is 16.8. The van der Waals surface area contributed by atoms with Crippen LogP contribution in [-0.4, -0.2) is 79.3 Å². The van der Waals surface area contributed by atoms with Crippen molar-refractivity contribution in [1.29, 1.82) is 0 Å². The summed E-state index contributed by atoms with van der Waals surface area (Å²) in [6, 6.07) is 0. The average molecular weight is 543 g/mol. The first-order valence-electron chi connectivity index (χ1n) is 13.9. The molecule has 9 nitrogen and oxygen atoms in total. The lowest BCUT2D eigenvalue weighted by atomic mass is 9.81. The summed E-state index contributed by atoms with van der Waals surface area (Å²) < 4.78 is 34.6. The minimum Gasteiger partial charge on any atom is -0.467 e. The van der Waals surface area contributed by atoms with Crippen molar-refractivity contribution in [1.82, 2.24) is 0 Å². The minimum atomic E-state index is -1.27. The van der Waals surface area contributed by atoms with E-state index in [1.54, 1.807) is 27.9 Å². The van der Waals surface area contributed by atoms with E-state index in [2.05, 4.69) is 6.08 Å². The zero-order chi connectivity index (χ0) is 28.3. The van der Waals surface area contributed by atoms with Gasteiger partial charge < -0.3 is 38.6 Å². The van der Waals surface area contributed by atoms with E-state index < -0.39 is 29.8 Å². The Balaban J connectivity index is 1.99. The van der Waals surface area contributed by atoms with Crippen LogP contribution in [0.4, 0.5) is 0 Å². The first kappa shape index (κ1) is 32.9. The Hall–Kier alpha value is -1.33. The van der Waals surface area contributed by atoms with Crippen LogP contribution in [0.3, 0.4) is 0 Å². The van der Waals surface area contributed by atoms with E-state index in [9.17, 15) is 15.0 Å². The molecule has 0 aromatic rings. The fraction of sp³-hybridized carbons (Fsp3) is 0.828. The van der Waals surface area contributed by atoms with Crippen LogP contribution in [0, 0.1) is 11.8 Å². The summed E-state index contributed by atoms with van der Waals surface area (Å²) in [7, 11) is 2.90. The van der Waals surface area contributed by atoms with Gasteiger partial charge in [-0.1, -0.05) is 38.2 Å². The number of carbonyl (C=O) groups excluding carboxylic acids is 1. The van der Waals surface area contributed by atoms with Crippen molar-refractivity contribution in [3.05, 3.63) is 24.3 Å². The number of esters is 1. The van der Waals surface area contributed by atoms with Crippen LogP contribution in [0.15, 0.2) is 24.3 Å². The monoisotopic (exact) mass is 542 g/mol. The molecule has 0 aliphatic carbocycles. The molecule has 0 aromatic carbocycles. The van der Waals surface area contributed by atoms with Crippen molar-refractivity contribution < 1.29 is 43.4 Å². The van der Waals surface area contributed by atoms with Crippen LogP contribution in [0.25, 0.3) is 0 Å². The molecule has 0 amide bonds. The second-order valence-corrected chi connectivity index (χ2v) is 11.1. The van der Waals surface area contributed by atoms with Crippen molar-refractivity contribution in [3.8, 4) is 0 Å². The zero-order valence-corrected chi connectivity index (χ0v) is 24.3. The van der Waals surface area contributed by atoms with Crippen LogP contribution in [0.5, 0.6) is 0 Å². The molecule has 2 N–H and O–H groups in total. The van der Waals surface area contributed by atoms with E-state index in [0.29, 0.717) is 6.42 Å². The fourth-order valence-electron chi connectivity index (χ4n) is 5.12. The quantitative estimate of drug-likeness (QED) is 0.178. The summed E-state index contributed by atoms with van der Waals surface area (Å²) in [5, 5.41) is 20.5. The largest absolute Gasteiger partial charge is 0.467 e. The topological polar surface area (TPSA) is 113 Å². The molecule has 2 unspecified atom stereocenters. The van der Waals surface area contributed by atoms with Crippen molar-refractivity contribution in [2.75, 3.05) is 21.0 Å². The van der Waals surface area contributed by atoms with Crippen LogP contribution in [0.2, 0.25) is 0 Å². The molecular weight excluding hydrogens is 492 g/mol. The van der Waals surface area contributed by atoms with E-state index in [1.807, 2.05) is 32.1 Å². The highest BCUT2D eigenvalue weighted by Crippen LogP contribution is 2.49. The van der Waals surface area contributed by atoms with Crippen LogP contribution < -0.4 is 0 Å². The van der Waals surface area contributed by atoms with Crippen molar-refractivity contribution >= 4 is 5.97 Å². The smallest absolute Gasteiger partial charge is 0.340 e. The molecule has 0 radical (unpaired) electrons. The molecule has 2 heterocycles. The van der Waals surface area contributed by atoms with E-state index in [-0.39, 0.29) is 36.9 Å². The lowest BCUT2D eigenvalue weighted by molar-refractivity contribution is -0.321. The number of carbonyl (C=O) groups is 1. The normalized spacial score (nSPS) is 30.6. The highest BCUT2D eigenvalue weighted by Gasteiger charge is 2.63. The molecule has 2 fully saturated rings. The maximum atomic E-state index is 12.6. The maximum absolute atomic E-state index is 12.6. The summed E-state index contributed by atoms with van der Waals surface area (Å²) in [4.78, 5) is 12.6. The van der Waals surface area contributed by atoms with Crippen molar-refractivity contribution in [3.63, 3.8) is 0 Å². The summed E-state index contributed by atoms with van der Waals surface area (Å²) in [5.41, 5.74) is 0. The van der Waals surface area contributed by atoms with Gasteiger partial charge in [0.05, 0.1) is 31.5 Å². The molecule has 2 aliphatic rings. The van der Waals surface area contributed by atoms with Crippen LogP contribution >= 0.6 is 0 Å². The number of ether oxygens (including phenoxy) is 6. The van der Waals surface area contributed by atoms with Gasteiger partial charge in [-0.2, -0.15) is 0 Å². The molecule has 38 heavy (non-hydrogen) atoms. The van der Waals surface area contributed by atoms with Crippen LogP contribution in [0.1, 0.15) is 79.6 Å². The predicted molar refractivity (Wildman–Crippen MR) is 143 cm³/mol. The predicted octanol–water partition coefficient (Wildman–Crippen LogP) is 4.25. The molecule has 0 aromatic heterocycles. The Bertz CT molecular complexity index is 765. The molecular formula is C29H50O9. The van der Waals surface area contributed by atoms with Gasteiger partial charge in [0.15, 0.2) is 5.79 Å². The molecule has 0 bridgehead atoms. The summed E-state index contributed by atoms with van der Waals surface area (Å²) in [6.45, 7) is 9.40. The van der Waals surface area contributed by atoms with Crippen LogP contribution in [-0.2, 0) is 33.2 Å². The SMILES string of the molecule is COCO[C@@H](CC/C=C/C=C\CC[C@H](C)O)CC(O)[C@@H](C)[C@@H]1CC[C@@H](C)[C@]2(O1)OC(C)(C)OC2C(=O)OC. The molecule has 8 atom stereocenters. The number of methoxy groups -OCH3 is 2. The van der Waals surface area contributed by atoms with Gasteiger partial charge in [0.25, 0.3) is 0 Å². The van der Waals surface area contributed by atoms with E-state index in [0.717, 1.165) is 38.5 Å². The van der Waals surface area contributed by atoms with E-state index in [4.69, 9.17) is 28.4 Å². The second-order valence-electron chi connectivity index (χ2n) is 11.1. The Kier molecular flexibility index (Phi) is 13.4. The molecule has 2 aliphatic heterocycles. The Morgan fingerprint density at radius 3 is 2.32 bits per heavy atom. The van der Waals surface area contributed by atoms with Gasteiger partial charge in [-0.3, -0.25) is 0 Å². The number of rotatable bonds is 15. The Morgan fingerprint density at radius 1 is 1.05 bits per heavy atom. The van der Waals surface area contributed by atoms with Crippen molar-refractivity contribution in [2.24, 2.45) is 11.8 Å². The van der Waals surface area contributed by atoms with Gasteiger partial charge in [0.2, 0.25) is 11.9 Å². The summed E-state index contributed by atoms with van der Waals surface area (Å²) in [6.07, 6.45) is 10.6. The Labute approximate surface area is 228 Å². The average Bonchev–Trinajstić information content (AvgIpc) is 3.15. The molecule has 220 valence electrons. The number of allylic oxidation sites excluding steroid dienone is 4. The zero-order valence-electron chi connectivity index (χ0n) is 24.3. The minimum absolute atomic E-state index is 0.0976. The summed E-state index contributed by atoms with van der Waals surface area (Å²) >= 11 is 0. The number of hydrogen-bond acceptors (Lipinski definition) is 9. The second kappa shape index (κ2) is 15.5. The van der Waals surface area contributed by atoms with Gasteiger partial charge in [-0.15, -0.1) is 0 Å². The molecule has 0 saturated carbocycles. The van der Waals surface area contributed by atoms with Gasteiger partial charge in [-0.25, -0.2) is 4.79 Å². The lowest BCUT2D eigenvalue weighted by Crippen LogP contribution is -2.58. The first-order valence-corrected chi connectivity index (χ1v) is 13.9. The molecule has 2 rings (SSSR count). The lowest BCUT2D eigenvalue weighted by Gasteiger charge is -2.46. The number of aliphatic hydroxyl groups excluding tert-OH is 2.